The number of hydrogen-bond donors (Lipinski definition) is 1. The van der Waals surface area contributed by atoms with Crippen LogP contribution in [0, 0.1) is 5.92 Å². The highest BCUT2D eigenvalue weighted by Crippen LogP contribution is 2.33. The van der Waals surface area contributed by atoms with Crippen molar-refractivity contribution in [2.75, 3.05) is 31.7 Å². The van der Waals surface area contributed by atoms with Gasteiger partial charge in [0, 0.05) is 37.0 Å². The average molecular weight is 299 g/mol. The molecular weight excluding hydrogens is 270 g/mol. The largest absolute Gasteiger partial charge is 0.383 e. The lowest BCUT2D eigenvalue weighted by Gasteiger charge is -2.23. The molecule has 0 saturated carbocycles. The quantitative estimate of drug-likeness (QED) is 0.841. The Hall–Kier alpha value is -0.650. The summed E-state index contributed by atoms with van der Waals surface area (Å²) in [6, 6.07) is 0. The fraction of sp³-hybridized carbons (Fsp3) is 0.800. The van der Waals surface area contributed by atoms with Gasteiger partial charge in [0.2, 0.25) is 0 Å². The van der Waals surface area contributed by atoms with Crippen LogP contribution >= 0.6 is 11.3 Å². The highest BCUT2D eigenvalue weighted by molar-refractivity contribution is 7.15. The van der Waals surface area contributed by atoms with Crippen LogP contribution in [0.15, 0.2) is 0 Å². The Kier molecular flexibility index (Phi) is 6.43. The maximum absolute atomic E-state index is 5.89. The zero-order valence-electron chi connectivity index (χ0n) is 13.7. The summed E-state index contributed by atoms with van der Waals surface area (Å²) in [5.74, 6) is 0.593. The third-order valence-electron chi connectivity index (χ3n) is 3.00. The van der Waals surface area contributed by atoms with Gasteiger partial charge in [-0.25, -0.2) is 4.98 Å². The van der Waals surface area contributed by atoms with Gasteiger partial charge in [-0.15, -0.1) is 11.3 Å². The minimum atomic E-state index is 0.0359. The predicted molar refractivity (Wildman–Crippen MR) is 87.6 cm³/mol. The fourth-order valence-corrected chi connectivity index (χ4v) is 3.29. The first-order valence-electron chi connectivity index (χ1n) is 7.23. The van der Waals surface area contributed by atoms with E-state index in [2.05, 4.69) is 39.5 Å². The van der Waals surface area contributed by atoms with Gasteiger partial charge in [-0.05, 0) is 5.92 Å². The van der Waals surface area contributed by atoms with Crippen LogP contribution in [-0.4, -0.2) is 31.8 Å². The normalized spacial score (nSPS) is 12.2. The highest BCUT2D eigenvalue weighted by atomic mass is 32.1. The van der Waals surface area contributed by atoms with Gasteiger partial charge in [0.05, 0.1) is 12.3 Å². The van der Waals surface area contributed by atoms with Gasteiger partial charge in [-0.2, -0.15) is 0 Å². The summed E-state index contributed by atoms with van der Waals surface area (Å²) < 4.78 is 5.22. The summed E-state index contributed by atoms with van der Waals surface area (Å²) >= 11 is 1.72. The van der Waals surface area contributed by atoms with Crippen LogP contribution in [0.4, 0.5) is 5.13 Å². The number of ether oxygens (including phenoxy) is 1. The van der Waals surface area contributed by atoms with E-state index in [1.165, 1.54) is 4.88 Å². The van der Waals surface area contributed by atoms with Gasteiger partial charge >= 0.3 is 0 Å². The zero-order valence-corrected chi connectivity index (χ0v) is 14.5. The molecule has 0 aromatic carbocycles. The Morgan fingerprint density at radius 2 is 2.00 bits per heavy atom. The molecule has 0 saturated heterocycles. The maximum atomic E-state index is 5.89. The number of thiazole rings is 1. The van der Waals surface area contributed by atoms with E-state index in [0.29, 0.717) is 12.5 Å². The van der Waals surface area contributed by atoms with Gasteiger partial charge in [0.1, 0.15) is 0 Å². The van der Waals surface area contributed by atoms with Crippen LogP contribution in [0.2, 0.25) is 0 Å². The molecule has 0 unspecified atom stereocenters. The van der Waals surface area contributed by atoms with Crippen LogP contribution < -0.4 is 10.6 Å². The number of hydrogen-bond acceptors (Lipinski definition) is 5. The number of rotatable bonds is 7. The van der Waals surface area contributed by atoms with E-state index in [1.807, 2.05) is 0 Å². The summed E-state index contributed by atoms with van der Waals surface area (Å²) in [6.07, 6.45) is 0. The molecule has 0 fully saturated rings. The third-order valence-corrected chi connectivity index (χ3v) is 4.14. The Labute approximate surface area is 127 Å². The lowest BCUT2D eigenvalue weighted by Crippen LogP contribution is -2.31. The first kappa shape index (κ1) is 17.4. The molecule has 1 heterocycles. The van der Waals surface area contributed by atoms with Crippen LogP contribution in [0.5, 0.6) is 0 Å². The molecule has 0 bridgehead atoms. The van der Waals surface area contributed by atoms with Crippen molar-refractivity contribution in [1.82, 2.24) is 4.98 Å². The first-order chi connectivity index (χ1) is 9.29. The van der Waals surface area contributed by atoms with E-state index >= 15 is 0 Å². The molecule has 1 aromatic rings. The SMILES string of the molecule is COCCN(CC(C)C)c1nc(C(C)(C)C)c(CN)s1. The Balaban J connectivity index is 3.04. The minimum Gasteiger partial charge on any atom is -0.383 e. The third kappa shape index (κ3) is 4.72. The molecule has 0 atom stereocenters. The Morgan fingerprint density at radius 3 is 2.40 bits per heavy atom. The molecule has 5 heteroatoms. The van der Waals surface area contributed by atoms with Crippen molar-refractivity contribution in [2.45, 2.75) is 46.6 Å². The molecule has 1 aromatic heterocycles. The number of nitrogens with zero attached hydrogens (tertiary/aromatic N) is 2. The van der Waals surface area contributed by atoms with E-state index in [1.54, 1.807) is 18.4 Å². The van der Waals surface area contributed by atoms with E-state index in [-0.39, 0.29) is 5.41 Å². The molecule has 0 amide bonds. The van der Waals surface area contributed by atoms with Crippen LogP contribution in [0.25, 0.3) is 0 Å². The number of methoxy groups -OCH3 is 1. The monoisotopic (exact) mass is 299 g/mol. The first-order valence-corrected chi connectivity index (χ1v) is 8.05. The van der Waals surface area contributed by atoms with E-state index in [4.69, 9.17) is 15.5 Å². The molecule has 0 spiro atoms. The molecule has 2 N–H and O–H groups in total. The zero-order chi connectivity index (χ0) is 15.3. The summed E-state index contributed by atoms with van der Waals surface area (Å²) in [5.41, 5.74) is 7.06. The molecule has 0 aliphatic heterocycles. The van der Waals surface area contributed by atoms with Crippen LogP contribution in [0.1, 0.15) is 45.2 Å². The van der Waals surface area contributed by atoms with Gasteiger partial charge in [0.15, 0.2) is 5.13 Å². The Morgan fingerprint density at radius 1 is 1.35 bits per heavy atom. The molecule has 116 valence electrons. The fourth-order valence-electron chi connectivity index (χ4n) is 2.11. The standard InChI is InChI=1S/C15H29N3OS/c1-11(2)10-18(7-8-19-6)14-17-13(15(3,4)5)12(9-16)20-14/h11H,7-10,16H2,1-6H3. The van der Waals surface area contributed by atoms with Gasteiger partial charge in [-0.3, -0.25) is 0 Å². The summed E-state index contributed by atoms with van der Waals surface area (Å²) in [6.45, 7) is 14.1. The van der Waals surface area contributed by atoms with Crippen LogP contribution in [0.3, 0.4) is 0 Å². The summed E-state index contributed by atoms with van der Waals surface area (Å²) in [4.78, 5) is 8.37. The van der Waals surface area contributed by atoms with Gasteiger partial charge in [0.25, 0.3) is 0 Å². The summed E-state index contributed by atoms with van der Waals surface area (Å²) in [7, 11) is 1.74. The second-order valence-electron chi connectivity index (χ2n) is 6.56. The van der Waals surface area contributed by atoms with Crippen molar-refractivity contribution in [2.24, 2.45) is 11.7 Å². The molecular formula is C15H29N3OS. The maximum Gasteiger partial charge on any atom is 0.185 e. The smallest absolute Gasteiger partial charge is 0.185 e. The number of anilines is 1. The van der Waals surface area contributed by atoms with Gasteiger partial charge in [-0.1, -0.05) is 34.6 Å². The molecule has 0 aliphatic rings. The second-order valence-corrected chi connectivity index (χ2v) is 7.62. The van der Waals surface area contributed by atoms with E-state index in [9.17, 15) is 0 Å². The topological polar surface area (TPSA) is 51.4 Å². The summed E-state index contributed by atoms with van der Waals surface area (Å²) in [5, 5.41) is 1.07. The van der Waals surface area contributed by atoms with Crippen molar-refractivity contribution < 1.29 is 4.74 Å². The van der Waals surface area contributed by atoms with Crippen molar-refractivity contribution in [3.63, 3.8) is 0 Å². The lowest BCUT2D eigenvalue weighted by molar-refractivity contribution is 0.204. The average Bonchev–Trinajstić information content (AvgIpc) is 2.77. The van der Waals surface area contributed by atoms with Crippen molar-refractivity contribution in [1.29, 1.82) is 0 Å². The lowest BCUT2D eigenvalue weighted by atomic mass is 9.91. The molecule has 20 heavy (non-hydrogen) atoms. The molecule has 1 rings (SSSR count). The Bertz CT molecular complexity index is 410. The van der Waals surface area contributed by atoms with Gasteiger partial charge < -0.3 is 15.4 Å². The number of nitrogens with two attached hydrogens (primary N) is 1. The predicted octanol–water partition coefficient (Wildman–Crippen LogP) is 3.01. The highest BCUT2D eigenvalue weighted by Gasteiger charge is 2.24. The second kappa shape index (κ2) is 7.38. The van der Waals surface area contributed by atoms with Crippen molar-refractivity contribution in [3.8, 4) is 0 Å². The van der Waals surface area contributed by atoms with Crippen molar-refractivity contribution in [3.05, 3.63) is 10.6 Å². The van der Waals surface area contributed by atoms with E-state index in [0.717, 1.165) is 30.5 Å². The van der Waals surface area contributed by atoms with Crippen LogP contribution in [-0.2, 0) is 16.7 Å². The minimum absolute atomic E-state index is 0.0359. The molecule has 0 radical (unpaired) electrons. The molecule has 4 nitrogen and oxygen atoms in total. The van der Waals surface area contributed by atoms with E-state index < -0.39 is 0 Å². The number of aromatic nitrogens is 1. The molecule has 0 aliphatic carbocycles. The van der Waals surface area contributed by atoms with Crippen molar-refractivity contribution >= 4 is 16.5 Å².